The van der Waals surface area contributed by atoms with Gasteiger partial charge in [0.15, 0.2) is 6.10 Å². The van der Waals surface area contributed by atoms with Crippen LogP contribution in [0.15, 0.2) is 65.7 Å². The Morgan fingerprint density at radius 2 is 1.47 bits per heavy atom. The number of phosphoric ester groups is 2. The van der Waals surface area contributed by atoms with Crippen LogP contribution in [0.2, 0.25) is 0 Å². The Balaban J connectivity index is 1.81. The molecule has 0 amide bonds. The van der Waals surface area contributed by atoms with Crippen LogP contribution < -0.4 is 11.4 Å². The number of cyclic esters (lactones) is 1. The van der Waals surface area contributed by atoms with E-state index in [1.54, 1.807) is 0 Å². The van der Waals surface area contributed by atoms with Crippen molar-refractivity contribution in [2.45, 2.75) is 191 Å². The number of phosphoric acid groups is 2. The first-order valence-corrected chi connectivity index (χ1v) is 28.8. The summed E-state index contributed by atoms with van der Waals surface area (Å²) in [6.07, 6.45) is 11.6. The number of ketones is 1. The van der Waals surface area contributed by atoms with Crippen molar-refractivity contribution in [2.75, 3.05) is 25.6 Å². The van der Waals surface area contributed by atoms with Gasteiger partial charge in [-0.25, -0.2) is 13.9 Å². The Bertz CT molecular complexity index is 2120. The highest BCUT2D eigenvalue weighted by Crippen LogP contribution is 2.60. The van der Waals surface area contributed by atoms with Gasteiger partial charge in [0, 0.05) is 50.1 Å². The molecule has 12 atom stereocenters. The molecule has 0 aliphatic carbocycles. The van der Waals surface area contributed by atoms with Crippen LogP contribution in [0.4, 0.5) is 5.82 Å². The van der Waals surface area contributed by atoms with Gasteiger partial charge < -0.3 is 55.3 Å². The number of carbonyl (C=O) groups excluding carboxylic acids is 3. The number of Topliss-reactive ketones (excluding diaryl/α,β-unsaturated/α-hetero) is 1. The van der Waals surface area contributed by atoms with Crippen LogP contribution in [0.5, 0.6) is 0 Å². The number of nitrogens with zero attached hydrogens (tertiary/aromatic N) is 2. The average Bonchev–Trinajstić information content (AvgIpc) is 3.33. The zero-order valence-corrected chi connectivity index (χ0v) is 44.5. The molecule has 74 heavy (non-hydrogen) atoms. The summed E-state index contributed by atoms with van der Waals surface area (Å²) in [7, 11) is -11.4. The topological polar surface area (TPSA) is 343 Å². The zero-order chi connectivity index (χ0) is 54.5. The maximum Gasteiger partial charge on any atom is 0.481 e. The Hall–Kier alpha value is -3.73. The zero-order valence-electron chi connectivity index (χ0n) is 42.7. The van der Waals surface area contributed by atoms with Crippen LogP contribution in [0.25, 0.3) is 0 Å². The predicted octanol–water partition coefficient (Wildman–Crippen LogP) is 6.11. The molecule has 0 spiro atoms. The number of aliphatic hydroxyl groups excluding tert-OH is 5. The van der Waals surface area contributed by atoms with Gasteiger partial charge in [-0.15, -0.1) is 0 Å². The van der Waals surface area contributed by atoms with E-state index in [0.717, 1.165) is 49.3 Å². The summed E-state index contributed by atoms with van der Waals surface area (Å²) < 4.78 is 58.6. The van der Waals surface area contributed by atoms with Gasteiger partial charge in [-0.05, 0) is 70.3 Å². The minimum Gasteiger partial charge on any atom is -0.462 e. The highest BCUT2D eigenvalue weighted by molar-refractivity contribution is 7.61. The molecule has 0 aromatic carbocycles. The Morgan fingerprint density at radius 3 is 2.14 bits per heavy atom. The van der Waals surface area contributed by atoms with Crippen molar-refractivity contribution >= 4 is 39.2 Å². The number of ether oxygens (including phenoxy) is 3. The van der Waals surface area contributed by atoms with Crippen LogP contribution in [-0.4, -0.2) is 125 Å². The second-order valence-corrected chi connectivity index (χ2v) is 21.7. The van der Waals surface area contributed by atoms with E-state index in [0.29, 0.717) is 25.7 Å². The molecule has 24 heteroatoms. The van der Waals surface area contributed by atoms with E-state index in [-0.39, 0.29) is 37.9 Å². The van der Waals surface area contributed by atoms with E-state index in [4.69, 9.17) is 29.0 Å². The molecule has 1 aromatic rings. The van der Waals surface area contributed by atoms with Crippen LogP contribution in [-0.2, 0) is 51.1 Å². The predicted molar refractivity (Wildman–Crippen MR) is 273 cm³/mol. The molecule has 9 N–H and O–H groups in total. The van der Waals surface area contributed by atoms with E-state index in [1.807, 2.05) is 19.1 Å². The van der Waals surface area contributed by atoms with Crippen LogP contribution in [0.3, 0.4) is 0 Å². The molecular formula is C50H81N3O19P2. The van der Waals surface area contributed by atoms with E-state index < -0.39 is 133 Å². The lowest BCUT2D eigenvalue weighted by Gasteiger charge is -2.40. The van der Waals surface area contributed by atoms with E-state index in [9.17, 15) is 63.6 Å². The molecule has 3 rings (SSSR count). The maximum absolute atomic E-state index is 13.7. The molecule has 1 aromatic heterocycles. The molecular weight excluding hydrogens is 1010 g/mol. The van der Waals surface area contributed by atoms with Gasteiger partial charge in [0.1, 0.15) is 36.6 Å². The average molecular weight is 1090 g/mol. The minimum atomic E-state index is -5.76. The normalized spacial score (nSPS) is 30.3. The molecule has 3 heterocycles. The van der Waals surface area contributed by atoms with Crippen molar-refractivity contribution in [3.63, 3.8) is 0 Å². The molecule has 2 saturated heterocycles. The highest BCUT2D eigenvalue weighted by Gasteiger charge is 2.45. The lowest BCUT2D eigenvalue weighted by Crippen LogP contribution is -2.52. The molecule has 420 valence electrons. The standard InChI is InChI=1S/C50H81N3O19P2/c1-3-5-7-8-9-10-11-12-13-14-15-16-17-18-20-25-45(58)67-33-38-34-68-73(63,64)72-74(65,66)69-35-43-48(61)47(60)39(28-27-36(54)23-19-6-4-2)41(56)32-42(57)40(31-37(55)24-21-22-26-46(59)70-38)49(71-43)53-30-29-44(51)52-50(53)62/h9-10,12-13,15-16,27-30,36,38-43,47-49,54,56-57,60-61H,3-8,11,14,17-26,31-35H2,1-2H3,(H,63,64)(H,65,66)(H2,51,52,62)/b10-9-,13-12-,16-15-,28-27-/t36-,38+,39-,40-,41+,42-,43+,47-,48+,49+/m0/s1. The number of aromatic nitrogens is 2. The monoisotopic (exact) mass is 1090 g/mol. The lowest BCUT2D eigenvalue weighted by molar-refractivity contribution is -0.196. The molecule has 22 nitrogen and oxygen atoms in total. The summed E-state index contributed by atoms with van der Waals surface area (Å²) in [6, 6.07) is 1.18. The Kier molecular flexibility index (Phi) is 30.4. The number of rotatable bonds is 22. The smallest absolute Gasteiger partial charge is 0.462 e. The first-order chi connectivity index (χ1) is 35.3. The van der Waals surface area contributed by atoms with E-state index in [2.05, 4.69) is 40.5 Å². The van der Waals surface area contributed by atoms with Crippen LogP contribution in [0.1, 0.15) is 148 Å². The highest BCUT2D eigenvalue weighted by atomic mass is 31.3. The summed E-state index contributed by atoms with van der Waals surface area (Å²) in [5.74, 6) is -5.23. The first-order valence-electron chi connectivity index (χ1n) is 25.8. The van der Waals surface area contributed by atoms with Gasteiger partial charge in [0.05, 0.1) is 37.6 Å². The number of esters is 2. The molecule has 2 aliphatic rings. The van der Waals surface area contributed by atoms with Gasteiger partial charge in [-0.3, -0.25) is 28.0 Å². The molecule has 2 unspecified atom stereocenters. The van der Waals surface area contributed by atoms with Crippen LogP contribution in [0, 0.1) is 11.8 Å². The number of allylic oxidation sites excluding steroid dienone is 6. The summed E-state index contributed by atoms with van der Waals surface area (Å²) in [6.45, 7) is 1.25. The van der Waals surface area contributed by atoms with E-state index in [1.165, 1.54) is 37.5 Å². The lowest BCUT2D eigenvalue weighted by atomic mass is 9.82. The number of nitrogen functional groups attached to an aromatic ring is 1. The van der Waals surface area contributed by atoms with Crippen molar-refractivity contribution in [3.8, 4) is 0 Å². The fourth-order valence-corrected chi connectivity index (χ4v) is 10.3. The van der Waals surface area contributed by atoms with Crippen molar-refractivity contribution in [1.29, 1.82) is 0 Å². The third-order valence-corrected chi connectivity index (χ3v) is 14.9. The van der Waals surface area contributed by atoms with Gasteiger partial charge in [0.2, 0.25) is 0 Å². The number of fused-ring (bicyclic) bond motifs is 3. The summed E-state index contributed by atoms with van der Waals surface area (Å²) in [5, 5.41) is 57.4. The van der Waals surface area contributed by atoms with Gasteiger partial charge in [0.25, 0.3) is 0 Å². The number of anilines is 1. The van der Waals surface area contributed by atoms with Gasteiger partial charge in [-0.2, -0.15) is 9.29 Å². The summed E-state index contributed by atoms with van der Waals surface area (Å²) in [5.41, 5.74) is 4.66. The number of carbonyl (C=O) groups is 3. The summed E-state index contributed by atoms with van der Waals surface area (Å²) >= 11 is 0. The van der Waals surface area contributed by atoms with Crippen LogP contribution >= 0.6 is 15.6 Å². The second kappa shape index (κ2) is 34.8. The van der Waals surface area contributed by atoms with Crippen molar-refractivity contribution in [3.05, 3.63) is 71.4 Å². The Labute approximate surface area is 433 Å². The quantitative estimate of drug-likeness (QED) is 0.0281. The van der Waals surface area contributed by atoms with E-state index >= 15 is 0 Å². The third-order valence-electron chi connectivity index (χ3n) is 12.3. The number of aliphatic hydroxyl groups is 5. The third kappa shape index (κ3) is 25.4. The second-order valence-electron chi connectivity index (χ2n) is 18.6. The van der Waals surface area contributed by atoms with Crippen molar-refractivity contribution in [2.24, 2.45) is 11.8 Å². The molecule has 2 bridgehead atoms. The Morgan fingerprint density at radius 1 is 0.851 bits per heavy atom. The fraction of sp³-hybridized carbons (Fsp3) is 0.700. The van der Waals surface area contributed by atoms with Gasteiger partial charge in [-0.1, -0.05) is 94.6 Å². The maximum atomic E-state index is 13.7. The SMILES string of the molecule is CCCCC/C=C\C/C=C\C/C=C\CCCCC(=O)OC[C@@H]1COP(=O)(O)OP(=O)(O)OC[C@H]2O[C@@H](n3ccc(N)nc3=O)[C@@H](CC(=O)CCCCC(=O)O1)[C@@H](O)C[C@@H](O)[C@H](/C=C\[C@@H](O)CCCCC)[C@H](O)[C@@H]2O. The minimum absolute atomic E-state index is 0.00336. The van der Waals surface area contributed by atoms with Crippen molar-refractivity contribution < 1.29 is 86.4 Å². The number of hydrogen-bond acceptors (Lipinski definition) is 19. The first kappa shape index (κ1) is 64.6. The summed E-state index contributed by atoms with van der Waals surface area (Å²) in [4.78, 5) is 77.8. The molecule has 0 saturated carbocycles. The molecule has 2 aliphatic heterocycles. The van der Waals surface area contributed by atoms with Gasteiger partial charge >= 0.3 is 33.3 Å². The van der Waals surface area contributed by atoms with Crippen molar-refractivity contribution in [1.82, 2.24) is 9.55 Å². The molecule has 0 radical (unpaired) electrons. The largest absolute Gasteiger partial charge is 0.481 e. The number of hydrogen-bond donors (Lipinski definition) is 8. The number of unbranched alkanes of at least 4 members (excludes halogenated alkanes) is 7. The number of nitrogens with two attached hydrogens (primary N) is 1. The molecule has 2 fully saturated rings. The fourth-order valence-electron chi connectivity index (χ4n) is 8.19.